The number of hydrogen-bond donors (Lipinski definition) is 0. The Bertz CT molecular complexity index is 378. The number of hydrogen-bond acceptors (Lipinski definition) is 4. The molecule has 0 aliphatic carbocycles. The smallest absolute Gasteiger partial charge is 0.329 e. The minimum absolute atomic E-state index is 0.226. The molecule has 1 amide bonds. The molecule has 3 atom stereocenters. The maximum Gasteiger partial charge on any atom is 0.329 e. The third kappa shape index (κ3) is 3.78. The molecule has 1 aliphatic rings. The minimum Gasteiger partial charge on any atom is -0.461 e. The number of rotatable bonds is 3. The zero-order valence-corrected chi connectivity index (χ0v) is 12.3. The summed E-state index contributed by atoms with van der Waals surface area (Å²) in [6, 6.07) is -0.634. The second-order valence-electron chi connectivity index (χ2n) is 5.71. The molecule has 0 N–H and O–H groups in total. The van der Waals surface area contributed by atoms with Gasteiger partial charge in [0.05, 0.1) is 6.10 Å². The molecular formula is C14H23NO4. The van der Waals surface area contributed by atoms with Gasteiger partial charge in [0, 0.05) is 13.5 Å². The number of nitrogens with zero attached hydrogens (tertiary/aromatic N) is 1. The lowest BCUT2D eigenvalue weighted by molar-refractivity contribution is -0.163. The van der Waals surface area contributed by atoms with Gasteiger partial charge in [0.25, 0.3) is 5.91 Å². The summed E-state index contributed by atoms with van der Waals surface area (Å²) >= 11 is 0. The Kier molecular flexibility index (Phi) is 5.09. The van der Waals surface area contributed by atoms with E-state index in [4.69, 9.17) is 4.74 Å². The van der Waals surface area contributed by atoms with Crippen molar-refractivity contribution in [3.05, 3.63) is 0 Å². The maximum absolute atomic E-state index is 12.1. The van der Waals surface area contributed by atoms with Crippen LogP contribution in [0.15, 0.2) is 0 Å². The average Bonchev–Trinajstić information content (AvgIpc) is 2.30. The van der Waals surface area contributed by atoms with E-state index in [1.807, 2.05) is 6.92 Å². The van der Waals surface area contributed by atoms with E-state index >= 15 is 0 Å². The van der Waals surface area contributed by atoms with Gasteiger partial charge in [-0.25, -0.2) is 4.79 Å². The molecule has 108 valence electrons. The molecule has 1 rings (SSSR count). The maximum atomic E-state index is 12.1. The summed E-state index contributed by atoms with van der Waals surface area (Å²) in [5.74, 6) is -0.955. The lowest BCUT2D eigenvalue weighted by Gasteiger charge is -2.40. The Hall–Kier alpha value is -1.39. The van der Waals surface area contributed by atoms with Crippen LogP contribution in [-0.2, 0) is 19.1 Å². The number of amides is 1. The van der Waals surface area contributed by atoms with Crippen LogP contribution in [0.5, 0.6) is 0 Å². The van der Waals surface area contributed by atoms with Gasteiger partial charge in [0.15, 0.2) is 0 Å². The minimum atomic E-state index is -0.634. The number of Topliss-reactive ketones (excluding diaryl/α,β-unsaturated/α-hetero) is 1. The van der Waals surface area contributed by atoms with Crippen molar-refractivity contribution in [3.63, 3.8) is 0 Å². The van der Waals surface area contributed by atoms with Crippen LogP contribution in [0, 0.1) is 11.8 Å². The first-order valence-electron chi connectivity index (χ1n) is 6.76. The first-order chi connectivity index (χ1) is 8.73. The van der Waals surface area contributed by atoms with E-state index in [2.05, 4.69) is 6.92 Å². The molecule has 0 bridgehead atoms. The van der Waals surface area contributed by atoms with Crippen LogP contribution in [0.3, 0.4) is 0 Å². The molecular weight excluding hydrogens is 246 g/mol. The Labute approximate surface area is 114 Å². The highest BCUT2D eigenvalue weighted by molar-refractivity contribution is 6.35. The molecule has 1 fully saturated rings. The van der Waals surface area contributed by atoms with E-state index in [9.17, 15) is 14.4 Å². The van der Waals surface area contributed by atoms with Crippen molar-refractivity contribution >= 4 is 17.7 Å². The summed E-state index contributed by atoms with van der Waals surface area (Å²) in [6.45, 7) is 9.27. The van der Waals surface area contributed by atoms with Crippen LogP contribution in [0.4, 0.5) is 0 Å². The van der Waals surface area contributed by atoms with Crippen molar-refractivity contribution in [2.75, 3.05) is 6.54 Å². The van der Waals surface area contributed by atoms with Gasteiger partial charge in [-0.2, -0.15) is 0 Å². The van der Waals surface area contributed by atoms with Crippen molar-refractivity contribution < 1.29 is 19.1 Å². The summed E-state index contributed by atoms with van der Waals surface area (Å²) in [7, 11) is 0. The molecule has 5 heteroatoms. The quantitative estimate of drug-likeness (QED) is 0.574. The monoisotopic (exact) mass is 269 g/mol. The molecule has 0 aromatic heterocycles. The van der Waals surface area contributed by atoms with Gasteiger partial charge in [0.1, 0.15) is 6.04 Å². The number of carbonyl (C=O) groups excluding carboxylic acids is 3. The van der Waals surface area contributed by atoms with Crippen LogP contribution in [-0.4, -0.2) is 41.3 Å². The number of piperidine rings is 1. The summed E-state index contributed by atoms with van der Waals surface area (Å²) in [6.07, 6.45) is 0.322. The van der Waals surface area contributed by atoms with Gasteiger partial charge in [-0.05, 0) is 32.1 Å². The average molecular weight is 269 g/mol. The van der Waals surface area contributed by atoms with Crippen LogP contribution in [0.25, 0.3) is 0 Å². The fraction of sp³-hybridized carbons (Fsp3) is 0.786. The van der Waals surface area contributed by atoms with Gasteiger partial charge in [-0.3, -0.25) is 9.59 Å². The van der Waals surface area contributed by atoms with Gasteiger partial charge in [-0.1, -0.05) is 13.8 Å². The van der Waals surface area contributed by atoms with Crippen LogP contribution in [0.2, 0.25) is 0 Å². The second-order valence-corrected chi connectivity index (χ2v) is 5.71. The van der Waals surface area contributed by atoms with E-state index in [-0.39, 0.29) is 12.0 Å². The number of esters is 1. The topological polar surface area (TPSA) is 63.7 Å². The number of carbonyl (C=O) groups is 3. The molecule has 1 aliphatic heterocycles. The van der Waals surface area contributed by atoms with E-state index in [1.54, 1.807) is 13.8 Å². The standard InChI is InChI=1S/C14H23NO4/c1-8(2)19-14(18)12-6-9(3)10(4)7-15(12)13(17)11(5)16/h8-10,12H,6-7H2,1-5H3. The molecule has 3 unspecified atom stereocenters. The molecule has 1 saturated heterocycles. The molecule has 0 radical (unpaired) electrons. The zero-order valence-electron chi connectivity index (χ0n) is 12.3. The Balaban J connectivity index is 2.91. The number of likely N-dealkylation sites (tertiary alicyclic amines) is 1. The molecule has 0 saturated carbocycles. The fourth-order valence-corrected chi connectivity index (χ4v) is 2.29. The van der Waals surface area contributed by atoms with Crippen molar-refractivity contribution in [2.24, 2.45) is 11.8 Å². The predicted molar refractivity (Wildman–Crippen MR) is 70.4 cm³/mol. The SMILES string of the molecule is CC(=O)C(=O)N1CC(C)C(C)CC1C(=O)OC(C)C. The van der Waals surface area contributed by atoms with E-state index in [1.165, 1.54) is 11.8 Å². The summed E-state index contributed by atoms with van der Waals surface area (Å²) in [5.41, 5.74) is 0. The highest BCUT2D eigenvalue weighted by Gasteiger charge is 2.40. The fourth-order valence-electron chi connectivity index (χ4n) is 2.29. The summed E-state index contributed by atoms with van der Waals surface area (Å²) in [5, 5.41) is 0. The largest absolute Gasteiger partial charge is 0.461 e. The Morgan fingerprint density at radius 3 is 2.21 bits per heavy atom. The third-order valence-electron chi connectivity index (χ3n) is 3.61. The van der Waals surface area contributed by atoms with Crippen LogP contribution < -0.4 is 0 Å². The van der Waals surface area contributed by atoms with Crippen LogP contribution >= 0.6 is 0 Å². The lowest BCUT2D eigenvalue weighted by atomic mass is 9.84. The zero-order chi connectivity index (χ0) is 14.7. The Morgan fingerprint density at radius 1 is 1.16 bits per heavy atom. The number of ketones is 1. The first kappa shape index (κ1) is 15.7. The predicted octanol–water partition coefficient (Wildman–Crippen LogP) is 1.40. The van der Waals surface area contributed by atoms with Gasteiger partial charge in [-0.15, -0.1) is 0 Å². The van der Waals surface area contributed by atoms with Crippen molar-refractivity contribution in [3.8, 4) is 0 Å². The van der Waals surface area contributed by atoms with Gasteiger partial charge in [0.2, 0.25) is 5.78 Å². The first-order valence-corrected chi connectivity index (χ1v) is 6.76. The molecule has 5 nitrogen and oxygen atoms in total. The second kappa shape index (κ2) is 6.17. The van der Waals surface area contributed by atoms with E-state index < -0.39 is 23.7 Å². The lowest BCUT2D eigenvalue weighted by Crippen LogP contribution is -2.54. The van der Waals surface area contributed by atoms with Crippen molar-refractivity contribution in [2.45, 2.75) is 53.2 Å². The van der Waals surface area contributed by atoms with E-state index in [0.29, 0.717) is 18.9 Å². The Morgan fingerprint density at radius 2 is 1.74 bits per heavy atom. The normalized spacial score (nSPS) is 27.3. The molecule has 19 heavy (non-hydrogen) atoms. The van der Waals surface area contributed by atoms with E-state index in [0.717, 1.165) is 0 Å². The summed E-state index contributed by atoms with van der Waals surface area (Å²) in [4.78, 5) is 36.6. The molecule has 1 heterocycles. The van der Waals surface area contributed by atoms with Gasteiger partial charge >= 0.3 is 5.97 Å². The molecule has 0 aromatic rings. The highest BCUT2D eigenvalue weighted by atomic mass is 16.5. The van der Waals surface area contributed by atoms with Crippen molar-refractivity contribution in [1.82, 2.24) is 4.90 Å². The number of ether oxygens (including phenoxy) is 1. The van der Waals surface area contributed by atoms with Crippen LogP contribution in [0.1, 0.15) is 41.0 Å². The van der Waals surface area contributed by atoms with Crippen molar-refractivity contribution in [1.29, 1.82) is 0 Å². The third-order valence-corrected chi connectivity index (χ3v) is 3.61. The van der Waals surface area contributed by atoms with Gasteiger partial charge < -0.3 is 9.64 Å². The summed E-state index contributed by atoms with van der Waals surface area (Å²) < 4.78 is 5.19. The molecule has 0 spiro atoms. The molecule has 0 aromatic carbocycles. The highest BCUT2D eigenvalue weighted by Crippen LogP contribution is 2.28.